The van der Waals surface area contributed by atoms with Crippen LogP contribution in [0.15, 0.2) is 54.6 Å². The molecule has 0 bridgehead atoms. The third-order valence-electron chi connectivity index (χ3n) is 5.28. The molecule has 0 saturated heterocycles. The van der Waals surface area contributed by atoms with Crippen LogP contribution >= 0.6 is 0 Å². The van der Waals surface area contributed by atoms with Gasteiger partial charge >= 0.3 is 12.1 Å². The molecule has 2 atom stereocenters. The maximum Gasteiger partial charge on any atom is 0.408 e. The number of carbonyl (C=O) groups is 3. The lowest BCUT2D eigenvalue weighted by molar-refractivity contribution is -0.154. The largest absolute Gasteiger partial charge is 0.467 e. The lowest BCUT2D eigenvalue weighted by atomic mass is 9.92. The van der Waals surface area contributed by atoms with Gasteiger partial charge in [0.2, 0.25) is 5.91 Å². The first kappa shape index (κ1) is 23.3. The fourth-order valence-corrected chi connectivity index (χ4v) is 3.80. The highest BCUT2D eigenvalue weighted by Gasteiger charge is 2.39. The summed E-state index contributed by atoms with van der Waals surface area (Å²) < 4.78 is 10.4. The molecular formula is C25H30N2O5. The van der Waals surface area contributed by atoms with Gasteiger partial charge in [0.15, 0.2) is 0 Å². The van der Waals surface area contributed by atoms with E-state index in [-0.39, 0.29) is 18.9 Å². The van der Waals surface area contributed by atoms with Crippen LogP contribution in [0, 0.1) is 0 Å². The number of esters is 1. The summed E-state index contributed by atoms with van der Waals surface area (Å²) in [5, 5.41) is 2.72. The Bertz CT molecular complexity index is 968. The van der Waals surface area contributed by atoms with Crippen LogP contribution in [0.3, 0.4) is 0 Å². The Labute approximate surface area is 188 Å². The summed E-state index contributed by atoms with van der Waals surface area (Å²) in [6, 6.07) is 15.5. The minimum Gasteiger partial charge on any atom is -0.467 e. The number of nitrogens with zero attached hydrogens (tertiary/aromatic N) is 1. The van der Waals surface area contributed by atoms with Crippen molar-refractivity contribution in [3.05, 3.63) is 71.3 Å². The molecule has 0 saturated carbocycles. The van der Waals surface area contributed by atoms with E-state index < -0.39 is 29.7 Å². The summed E-state index contributed by atoms with van der Waals surface area (Å²) in [6.07, 6.45) is -0.0527. The molecule has 1 aliphatic rings. The second kappa shape index (κ2) is 9.85. The molecular weight excluding hydrogens is 408 g/mol. The van der Waals surface area contributed by atoms with Gasteiger partial charge in [-0.2, -0.15) is 0 Å². The predicted molar refractivity (Wildman–Crippen MR) is 120 cm³/mol. The number of nitrogens with one attached hydrogen (secondary N) is 1. The Morgan fingerprint density at radius 2 is 1.66 bits per heavy atom. The van der Waals surface area contributed by atoms with E-state index in [0.717, 1.165) is 16.7 Å². The number of amides is 2. The van der Waals surface area contributed by atoms with E-state index in [1.54, 1.807) is 20.8 Å². The fourth-order valence-electron chi connectivity index (χ4n) is 3.80. The summed E-state index contributed by atoms with van der Waals surface area (Å²) in [4.78, 5) is 40.3. The highest BCUT2D eigenvalue weighted by Crippen LogP contribution is 2.25. The maximum absolute atomic E-state index is 13.7. The van der Waals surface area contributed by atoms with Gasteiger partial charge in [0.25, 0.3) is 0 Å². The van der Waals surface area contributed by atoms with E-state index in [0.29, 0.717) is 6.42 Å². The molecule has 32 heavy (non-hydrogen) atoms. The standard InChI is InChI=1S/C25H30N2O5/c1-25(2,3)32-24(30)26-20(14-17-10-6-5-7-11-17)22(28)27-16-19-13-9-8-12-18(19)15-21(27)23(29)31-4/h5-13,20-21H,14-16H2,1-4H3,(H,26,30)/t20-,21-/m0/s1. The zero-order valence-corrected chi connectivity index (χ0v) is 19.0. The molecule has 170 valence electrons. The number of benzene rings is 2. The van der Waals surface area contributed by atoms with Crippen LogP contribution in [0.5, 0.6) is 0 Å². The Balaban J connectivity index is 1.90. The van der Waals surface area contributed by atoms with Gasteiger partial charge in [0.05, 0.1) is 7.11 Å². The van der Waals surface area contributed by atoms with Crippen LogP contribution < -0.4 is 5.32 Å². The van der Waals surface area contributed by atoms with E-state index in [1.807, 2.05) is 54.6 Å². The second-order valence-electron chi connectivity index (χ2n) is 8.87. The molecule has 0 fully saturated rings. The molecule has 1 aliphatic heterocycles. The molecule has 1 heterocycles. The van der Waals surface area contributed by atoms with Crippen molar-refractivity contribution in [3.63, 3.8) is 0 Å². The van der Waals surface area contributed by atoms with E-state index in [9.17, 15) is 14.4 Å². The van der Waals surface area contributed by atoms with Crippen molar-refractivity contribution in [1.29, 1.82) is 0 Å². The molecule has 0 spiro atoms. The maximum atomic E-state index is 13.7. The average Bonchev–Trinajstić information content (AvgIpc) is 2.76. The van der Waals surface area contributed by atoms with Gasteiger partial charge in [-0.25, -0.2) is 9.59 Å². The third-order valence-corrected chi connectivity index (χ3v) is 5.28. The van der Waals surface area contributed by atoms with E-state index >= 15 is 0 Å². The van der Waals surface area contributed by atoms with Gasteiger partial charge in [-0.3, -0.25) is 4.79 Å². The van der Waals surface area contributed by atoms with E-state index in [4.69, 9.17) is 9.47 Å². The minimum atomic E-state index is -0.898. The zero-order valence-electron chi connectivity index (χ0n) is 19.0. The first-order valence-corrected chi connectivity index (χ1v) is 10.7. The quantitative estimate of drug-likeness (QED) is 0.725. The van der Waals surface area contributed by atoms with Crippen LogP contribution in [0.25, 0.3) is 0 Å². The number of hydrogen-bond donors (Lipinski definition) is 1. The SMILES string of the molecule is COC(=O)[C@@H]1Cc2ccccc2CN1C(=O)[C@H](Cc1ccccc1)NC(=O)OC(C)(C)C. The highest BCUT2D eigenvalue weighted by atomic mass is 16.6. The number of methoxy groups -OCH3 is 1. The number of rotatable bonds is 5. The Morgan fingerprint density at radius 3 is 2.28 bits per heavy atom. The summed E-state index contributed by atoms with van der Waals surface area (Å²) in [5.74, 6) is -0.840. The summed E-state index contributed by atoms with van der Waals surface area (Å²) in [5.41, 5.74) is 2.15. The predicted octanol–water partition coefficient (Wildman–Crippen LogP) is 3.25. The molecule has 0 unspecified atom stereocenters. The highest BCUT2D eigenvalue weighted by molar-refractivity contribution is 5.90. The molecule has 0 radical (unpaired) electrons. The molecule has 0 aliphatic carbocycles. The van der Waals surface area contributed by atoms with Gasteiger partial charge in [-0.1, -0.05) is 54.6 Å². The van der Waals surface area contributed by atoms with Crippen molar-refractivity contribution in [1.82, 2.24) is 10.2 Å². The van der Waals surface area contributed by atoms with Crippen molar-refractivity contribution in [2.75, 3.05) is 7.11 Å². The van der Waals surface area contributed by atoms with Gasteiger partial charge in [0, 0.05) is 19.4 Å². The Hall–Kier alpha value is -3.35. The van der Waals surface area contributed by atoms with Crippen molar-refractivity contribution in [2.24, 2.45) is 0 Å². The van der Waals surface area contributed by atoms with Crippen LogP contribution in [-0.4, -0.2) is 47.7 Å². The van der Waals surface area contributed by atoms with Gasteiger partial charge in [-0.15, -0.1) is 0 Å². The molecule has 2 amide bonds. The van der Waals surface area contributed by atoms with Crippen molar-refractivity contribution >= 4 is 18.0 Å². The minimum absolute atomic E-state index is 0.260. The van der Waals surface area contributed by atoms with Crippen LogP contribution in [-0.2, 0) is 38.4 Å². The molecule has 1 N–H and O–H groups in total. The average molecular weight is 439 g/mol. The molecule has 2 aromatic rings. The Kier molecular flexibility index (Phi) is 7.18. The zero-order chi connectivity index (χ0) is 23.3. The van der Waals surface area contributed by atoms with Crippen LogP contribution in [0.1, 0.15) is 37.5 Å². The lowest BCUT2D eigenvalue weighted by Gasteiger charge is -2.37. The number of fused-ring (bicyclic) bond motifs is 1. The summed E-state index contributed by atoms with van der Waals surface area (Å²) in [6.45, 7) is 5.54. The number of alkyl carbamates (subject to hydrolysis) is 1. The number of carbonyl (C=O) groups excluding carboxylic acids is 3. The summed E-state index contributed by atoms with van der Waals surface area (Å²) >= 11 is 0. The van der Waals surface area contributed by atoms with Gasteiger partial charge < -0.3 is 19.7 Å². The normalized spacial score (nSPS) is 16.5. The topological polar surface area (TPSA) is 84.9 Å². The second-order valence-corrected chi connectivity index (χ2v) is 8.87. The van der Waals surface area contributed by atoms with Gasteiger partial charge in [0.1, 0.15) is 17.7 Å². The fraction of sp³-hybridized carbons (Fsp3) is 0.400. The van der Waals surface area contributed by atoms with Gasteiger partial charge in [-0.05, 0) is 37.5 Å². The van der Waals surface area contributed by atoms with Crippen molar-refractivity contribution in [2.45, 2.75) is 57.8 Å². The molecule has 3 rings (SSSR count). The molecule has 0 aromatic heterocycles. The summed E-state index contributed by atoms with van der Waals surface area (Å²) in [7, 11) is 1.31. The first-order valence-electron chi connectivity index (χ1n) is 10.7. The molecule has 2 aromatic carbocycles. The number of ether oxygens (including phenoxy) is 2. The van der Waals surface area contributed by atoms with Crippen molar-refractivity contribution < 1.29 is 23.9 Å². The van der Waals surface area contributed by atoms with Crippen molar-refractivity contribution in [3.8, 4) is 0 Å². The van der Waals surface area contributed by atoms with Crippen LogP contribution in [0.4, 0.5) is 4.79 Å². The Morgan fingerprint density at radius 1 is 1.03 bits per heavy atom. The van der Waals surface area contributed by atoms with Crippen LogP contribution in [0.2, 0.25) is 0 Å². The lowest BCUT2D eigenvalue weighted by Crippen LogP contribution is -2.56. The van der Waals surface area contributed by atoms with E-state index in [1.165, 1.54) is 12.0 Å². The van der Waals surface area contributed by atoms with E-state index in [2.05, 4.69) is 5.32 Å². The first-order chi connectivity index (χ1) is 15.2. The number of hydrogen-bond acceptors (Lipinski definition) is 5. The monoisotopic (exact) mass is 438 g/mol. The third kappa shape index (κ3) is 5.87. The molecule has 7 heteroatoms. The molecule has 7 nitrogen and oxygen atoms in total. The smallest absolute Gasteiger partial charge is 0.408 e.